The van der Waals surface area contributed by atoms with Crippen LogP contribution in [0.5, 0.6) is 0 Å². The van der Waals surface area contributed by atoms with Crippen LogP contribution in [0.4, 0.5) is 4.39 Å². The van der Waals surface area contributed by atoms with E-state index in [0.717, 1.165) is 0 Å². The maximum absolute atomic E-state index is 13.1. The minimum absolute atomic E-state index is 0.107. The average molecular weight is 210 g/mol. The Morgan fingerprint density at radius 1 is 1.60 bits per heavy atom. The Balaban J connectivity index is 2.70. The molecule has 82 valence electrons. The zero-order valence-electron chi connectivity index (χ0n) is 8.88. The van der Waals surface area contributed by atoms with E-state index in [2.05, 4.69) is 5.32 Å². The largest absolute Gasteiger partial charge is 0.350 e. The van der Waals surface area contributed by atoms with E-state index in [-0.39, 0.29) is 17.8 Å². The lowest BCUT2D eigenvalue weighted by Crippen LogP contribution is -2.35. The second-order valence-electron chi connectivity index (χ2n) is 3.65. The second-order valence-corrected chi connectivity index (χ2v) is 3.65. The van der Waals surface area contributed by atoms with Gasteiger partial charge in [0.2, 0.25) is 0 Å². The number of benzene rings is 1. The van der Waals surface area contributed by atoms with Crippen molar-refractivity contribution in [1.29, 1.82) is 0 Å². The Bertz CT molecular complexity index is 364. The normalized spacial score (nSPS) is 12.3. The summed E-state index contributed by atoms with van der Waals surface area (Å²) in [6, 6.07) is 4.29. The summed E-state index contributed by atoms with van der Waals surface area (Å²) in [5.74, 6) is -0.672. The molecular weight excluding hydrogens is 195 g/mol. The van der Waals surface area contributed by atoms with Crippen LogP contribution in [0, 0.1) is 12.7 Å². The fourth-order valence-electron chi connectivity index (χ4n) is 1.09. The first-order valence-corrected chi connectivity index (χ1v) is 4.80. The van der Waals surface area contributed by atoms with Crippen molar-refractivity contribution in [1.82, 2.24) is 5.32 Å². The Hall–Kier alpha value is -1.42. The van der Waals surface area contributed by atoms with Gasteiger partial charge in [-0.05, 0) is 31.5 Å². The number of hydrogen-bond acceptors (Lipinski definition) is 2. The molecule has 0 saturated carbocycles. The number of carbonyl (C=O) groups is 1. The van der Waals surface area contributed by atoms with Crippen LogP contribution in [-0.2, 0) is 0 Å². The van der Waals surface area contributed by atoms with E-state index in [1.807, 2.05) is 0 Å². The predicted molar refractivity (Wildman–Crippen MR) is 57.1 cm³/mol. The van der Waals surface area contributed by atoms with Gasteiger partial charge in [-0.3, -0.25) is 4.79 Å². The molecule has 0 heterocycles. The molecule has 3 N–H and O–H groups in total. The molecule has 1 aromatic rings. The van der Waals surface area contributed by atoms with Gasteiger partial charge in [-0.15, -0.1) is 0 Å². The maximum atomic E-state index is 13.1. The molecule has 0 saturated heterocycles. The number of hydrogen-bond donors (Lipinski definition) is 2. The van der Waals surface area contributed by atoms with E-state index in [1.54, 1.807) is 26.0 Å². The van der Waals surface area contributed by atoms with Crippen LogP contribution in [0.3, 0.4) is 0 Å². The number of nitrogens with two attached hydrogens (primary N) is 1. The lowest BCUT2D eigenvalue weighted by molar-refractivity contribution is 0.0951. The molecule has 4 heteroatoms. The van der Waals surface area contributed by atoms with Crippen molar-refractivity contribution in [3.8, 4) is 0 Å². The van der Waals surface area contributed by atoms with Crippen LogP contribution in [0.15, 0.2) is 18.2 Å². The van der Waals surface area contributed by atoms with Crippen LogP contribution in [0.2, 0.25) is 0 Å². The van der Waals surface area contributed by atoms with E-state index < -0.39 is 0 Å². The van der Waals surface area contributed by atoms with Gasteiger partial charge in [-0.25, -0.2) is 4.39 Å². The van der Waals surface area contributed by atoms with Crippen molar-refractivity contribution in [3.05, 3.63) is 35.1 Å². The summed E-state index contributed by atoms with van der Waals surface area (Å²) in [5, 5.41) is 2.61. The van der Waals surface area contributed by atoms with Gasteiger partial charge in [-0.1, -0.05) is 6.07 Å². The van der Waals surface area contributed by atoms with Gasteiger partial charge in [0, 0.05) is 18.2 Å². The summed E-state index contributed by atoms with van der Waals surface area (Å²) in [4.78, 5) is 11.5. The SMILES string of the molecule is Cc1ccc(C(=O)NCC(C)N)cc1F. The Morgan fingerprint density at radius 3 is 2.80 bits per heavy atom. The van der Waals surface area contributed by atoms with Gasteiger partial charge < -0.3 is 11.1 Å². The molecule has 0 aliphatic carbocycles. The third kappa shape index (κ3) is 3.32. The van der Waals surface area contributed by atoms with Crippen LogP contribution in [0.1, 0.15) is 22.8 Å². The van der Waals surface area contributed by atoms with Gasteiger partial charge in [-0.2, -0.15) is 0 Å². The molecule has 0 aromatic heterocycles. The number of amides is 1. The highest BCUT2D eigenvalue weighted by Gasteiger charge is 2.07. The lowest BCUT2D eigenvalue weighted by Gasteiger charge is -2.08. The van der Waals surface area contributed by atoms with E-state index in [4.69, 9.17) is 5.73 Å². The molecular formula is C11H15FN2O. The Morgan fingerprint density at radius 2 is 2.27 bits per heavy atom. The van der Waals surface area contributed by atoms with Gasteiger partial charge in [0.1, 0.15) is 5.82 Å². The zero-order chi connectivity index (χ0) is 11.4. The first-order valence-electron chi connectivity index (χ1n) is 4.80. The van der Waals surface area contributed by atoms with Gasteiger partial charge >= 0.3 is 0 Å². The third-order valence-electron chi connectivity index (χ3n) is 2.02. The number of aryl methyl sites for hydroxylation is 1. The van der Waals surface area contributed by atoms with Gasteiger partial charge in [0.05, 0.1) is 0 Å². The molecule has 0 fully saturated rings. The van der Waals surface area contributed by atoms with Gasteiger partial charge in [0.25, 0.3) is 5.91 Å². The van der Waals surface area contributed by atoms with Crippen molar-refractivity contribution in [2.75, 3.05) is 6.54 Å². The fraction of sp³-hybridized carbons (Fsp3) is 0.364. The molecule has 1 atom stereocenters. The molecule has 0 radical (unpaired) electrons. The van der Waals surface area contributed by atoms with Crippen molar-refractivity contribution in [2.45, 2.75) is 19.9 Å². The topological polar surface area (TPSA) is 55.1 Å². The smallest absolute Gasteiger partial charge is 0.251 e. The fourth-order valence-corrected chi connectivity index (χ4v) is 1.09. The maximum Gasteiger partial charge on any atom is 0.251 e. The quantitative estimate of drug-likeness (QED) is 0.788. The molecule has 0 aliphatic heterocycles. The summed E-state index contributed by atoms with van der Waals surface area (Å²) in [6.07, 6.45) is 0. The van der Waals surface area contributed by atoms with E-state index in [9.17, 15) is 9.18 Å². The molecule has 1 rings (SSSR count). The number of carbonyl (C=O) groups excluding carboxylic acids is 1. The minimum atomic E-state index is -0.372. The molecule has 1 unspecified atom stereocenters. The number of halogens is 1. The summed E-state index contributed by atoms with van der Waals surface area (Å²) in [6.45, 7) is 3.82. The third-order valence-corrected chi connectivity index (χ3v) is 2.02. The molecule has 0 bridgehead atoms. The summed E-state index contributed by atoms with van der Waals surface area (Å²) < 4.78 is 13.1. The monoisotopic (exact) mass is 210 g/mol. The van der Waals surface area contributed by atoms with Crippen molar-refractivity contribution in [2.24, 2.45) is 5.73 Å². The van der Waals surface area contributed by atoms with Gasteiger partial charge in [0.15, 0.2) is 0 Å². The van der Waals surface area contributed by atoms with E-state index >= 15 is 0 Å². The van der Waals surface area contributed by atoms with Crippen LogP contribution in [-0.4, -0.2) is 18.5 Å². The van der Waals surface area contributed by atoms with Crippen LogP contribution < -0.4 is 11.1 Å². The van der Waals surface area contributed by atoms with Crippen molar-refractivity contribution in [3.63, 3.8) is 0 Å². The minimum Gasteiger partial charge on any atom is -0.350 e. The second kappa shape index (κ2) is 4.89. The highest BCUT2D eigenvalue weighted by Crippen LogP contribution is 2.08. The first kappa shape index (κ1) is 11.7. The zero-order valence-corrected chi connectivity index (χ0v) is 8.88. The molecule has 15 heavy (non-hydrogen) atoms. The van der Waals surface area contributed by atoms with E-state index in [0.29, 0.717) is 17.7 Å². The predicted octanol–water partition coefficient (Wildman–Crippen LogP) is 1.21. The average Bonchev–Trinajstić information content (AvgIpc) is 2.18. The number of nitrogens with one attached hydrogen (secondary N) is 1. The van der Waals surface area contributed by atoms with Crippen LogP contribution in [0.25, 0.3) is 0 Å². The standard InChI is InChI=1S/C11H15FN2O/c1-7-3-4-9(5-10(7)12)11(15)14-6-8(2)13/h3-5,8H,6,13H2,1-2H3,(H,14,15). The van der Waals surface area contributed by atoms with Crippen LogP contribution >= 0.6 is 0 Å². The molecule has 1 amide bonds. The van der Waals surface area contributed by atoms with E-state index in [1.165, 1.54) is 6.07 Å². The van der Waals surface area contributed by atoms with Crippen molar-refractivity contribution >= 4 is 5.91 Å². The highest BCUT2D eigenvalue weighted by atomic mass is 19.1. The Labute approximate surface area is 88.5 Å². The molecule has 0 aliphatic rings. The highest BCUT2D eigenvalue weighted by molar-refractivity contribution is 5.94. The molecule has 0 spiro atoms. The summed E-state index contributed by atoms with van der Waals surface area (Å²) in [7, 11) is 0. The first-order chi connectivity index (χ1) is 7.00. The molecule has 1 aromatic carbocycles. The lowest BCUT2D eigenvalue weighted by atomic mass is 10.1. The van der Waals surface area contributed by atoms with Crippen molar-refractivity contribution < 1.29 is 9.18 Å². The summed E-state index contributed by atoms with van der Waals surface area (Å²) in [5.41, 5.74) is 6.33. The molecule has 3 nitrogen and oxygen atoms in total. The number of rotatable bonds is 3. The summed E-state index contributed by atoms with van der Waals surface area (Å²) >= 11 is 0. The Kier molecular flexibility index (Phi) is 3.80.